The topological polar surface area (TPSA) is 82.0 Å². The molecule has 0 saturated heterocycles. The van der Waals surface area contributed by atoms with Gasteiger partial charge in [0.1, 0.15) is 12.4 Å². The van der Waals surface area contributed by atoms with Crippen LogP contribution in [0.2, 0.25) is 0 Å². The van der Waals surface area contributed by atoms with Crippen LogP contribution in [0.15, 0.2) is 35.4 Å². The first-order chi connectivity index (χ1) is 10.0. The lowest BCUT2D eigenvalue weighted by atomic mass is 10.2. The summed E-state index contributed by atoms with van der Waals surface area (Å²) in [5.41, 5.74) is 5.60. The van der Waals surface area contributed by atoms with E-state index < -0.39 is 5.82 Å². The van der Waals surface area contributed by atoms with Crippen molar-refractivity contribution in [1.29, 1.82) is 0 Å². The molecular formula is C14H15FN4O2. The van der Waals surface area contributed by atoms with Crippen molar-refractivity contribution in [2.45, 2.75) is 25.4 Å². The SMILES string of the molecule is Nc1cc(NC(=O)Cn2ccn(C3CC3)c2=O)ccc1F. The van der Waals surface area contributed by atoms with E-state index in [2.05, 4.69) is 5.32 Å². The number of nitrogens with two attached hydrogens (primary N) is 1. The Morgan fingerprint density at radius 1 is 1.38 bits per heavy atom. The molecule has 7 heteroatoms. The summed E-state index contributed by atoms with van der Waals surface area (Å²) in [5, 5.41) is 2.59. The third-order valence-electron chi connectivity index (χ3n) is 3.41. The molecule has 1 aliphatic rings. The molecule has 0 aliphatic heterocycles. The highest BCUT2D eigenvalue weighted by Gasteiger charge is 2.25. The Morgan fingerprint density at radius 3 is 2.81 bits per heavy atom. The van der Waals surface area contributed by atoms with Gasteiger partial charge >= 0.3 is 5.69 Å². The quantitative estimate of drug-likeness (QED) is 0.834. The van der Waals surface area contributed by atoms with Crippen LogP contribution >= 0.6 is 0 Å². The number of nitrogens with one attached hydrogen (secondary N) is 1. The van der Waals surface area contributed by atoms with Gasteiger partial charge in [0, 0.05) is 24.1 Å². The number of hydrogen-bond donors (Lipinski definition) is 2. The Bertz CT molecular complexity index is 746. The van der Waals surface area contributed by atoms with Crippen LogP contribution in [0.4, 0.5) is 15.8 Å². The molecule has 1 heterocycles. The number of amides is 1. The molecule has 0 atom stereocenters. The Kier molecular flexibility index (Phi) is 3.25. The van der Waals surface area contributed by atoms with Crippen molar-refractivity contribution in [3.8, 4) is 0 Å². The van der Waals surface area contributed by atoms with Crippen LogP contribution in [0.25, 0.3) is 0 Å². The molecule has 1 fully saturated rings. The second-order valence-electron chi connectivity index (χ2n) is 5.13. The molecule has 1 aromatic carbocycles. The smallest absolute Gasteiger partial charge is 0.328 e. The van der Waals surface area contributed by atoms with Gasteiger partial charge in [-0.3, -0.25) is 13.9 Å². The van der Waals surface area contributed by atoms with E-state index in [-0.39, 0.29) is 29.9 Å². The first-order valence-corrected chi connectivity index (χ1v) is 6.67. The second kappa shape index (κ2) is 5.08. The number of benzene rings is 1. The van der Waals surface area contributed by atoms with Crippen molar-refractivity contribution in [2.75, 3.05) is 11.1 Å². The third-order valence-corrected chi connectivity index (χ3v) is 3.41. The maximum atomic E-state index is 13.0. The van der Waals surface area contributed by atoms with Crippen LogP contribution in [0.5, 0.6) is 0 Å². The fourth-order valence-corrected chi connectivity index (χ4v) is 2.16. The summed E-state index contributed by atoms with van der Waals surface area (Å²) in [6.45, 7) is -0.0875. The molecule has 2 aromatic rings. The second-order valence-corrected chi connectivity index (χ2v) is 5.13. The van der Waals surface area contributed by atoms with Crippen LogP contribution in [0.1, 0.15) is 18.9 Å². The molecule has 3 N–H and O–H groups in total. The minimum atomic E-state index is -0.536. The zero-order valence-electron chi connectivity index (χ0n) is 11.3. The van der Waals surface area contributed by atoms with E-state index in [1.807, 2.05) is 0 Å². The summed E-state index contributed by atoms with van der Waals surface area (Å²) in [5.74, 6) is -0.901. The molecule has 1 aromatic heterocycles. The van der Waals surface area contributed by atoms with Gasteiger partial charge in [-0.1, -0.05) is 0 Å². The van der Waals surface area contributed by atoms with Crippen molar-refractivity contribution >= 4 is 17.3 Å². The van der Waals surface area contributed by atoms with Crippen LogP contribution < -0.4 is 16.7 Å². The fraction of sp³-hybridized carbons (Fsp3) is 0.286. The van der Waals surface area contributed by atoms with E-state index in [4.69, 9.17) is 5.73 Å². The van der Waals surface area contributed by atoms with Gasteiger partial charge in [-0.2, -0.15) is 0 Å². The van der Waals surface area contributed by atoms with E-state index in [9.17, 15) is 14.0 Å². The van der Waals surface area contributed by atoms with E-state index in [0.717, 1.165) is 12.8 Å². The van der Waals surface area contributed by atoms with Crippen LogP contribution in [-0.4, -0.2) is 15.0 Å². The molecule has 6 nitrogen and oxygen atoms in total. The van der Waals surface area contributed by atoms with Crippen molar-refractivity contribution in [1.82, 2.24) is 9.13 Å². The molecule has 0 spiro atoms. The van der Waals surface area contributed by atoms with Crippen molar-refractivity contribution in [2.24, 2.45) is 0 Å². The average molecular weight is 290 g/mol. The number of aromatic nitrogens is 2. The van der Waals surface area contributed by atoms with E-state index in [1.165, 1.54) is 22.8 Å². The minimum Gasteiger partial charge on any atom is -0.396 e. The summed E-state index contributed by atoms with van der Waals surface area (Å²) in [6.07, 6.45) is 5.30. The summed E-state index contributed by atoms with van der Waals surface area (Å²) >= 11 is 0. The van der Waals surface area contributed by atoms with Crippen LogP contribution in [0.3, 0.4) is 0 Å². The number of hydrogen-bond acceptors (Lipinski definition) is 3. The summed E-state index contributed by atoms with van der Waals surface area (Å²) in [6, 6.07) is 4.21. The van der Waals surface area contributed by atoms with Gasteiger partial charge in [-0.25, -0.2) is 9.18 Å². The molecule has 0 bridgehead atoms. The van der Waals surface area contributed by atoms with Gasteiger partial charge in [0.2, 0.25) is 5.91 Å². The Morgan fingerprint density at radius 2 is 2.14 bits per heavy atom. The predicted octanol–water partition coefficient (Wildman–Crippen LogP) is 1.34. The summed E-state index contributed by atoms with van der Waals surface area (Å²) < 4.78 is 16.0. The summed E-state index contributed by atoms with van der Waals surface area (Å²) in [4.78, 5) is 23.9. The van der Waals surface area contributed by atoms with Gasteiger partial charge in [0.15, 0.2) is 0 Å². The highest BCUT2D eigenvalue weighted by molar-refractivity contribution is 5.91. The minimum absolute atomic E-state index is 0.0372. The van der Waals surface area contributed by atoms with Crippen molar-refractivity contribution in [3.63, 3.8) is 0 Å². The molecule has 0 unspecified atom stereocenters. The zero-order chi connectivity index (χ0) is 15.0. The number of carbonyl (C=O) groups excluding carboxylic acids is 1. The first kappa shape index (κ1) is 13.4. The molecular weight excluding hydrogens is 275 g/mol. The van der Waals surface area contributed by atoms with Crippen molar-refractivity contribution in [3.05, 3.63) is 46.9 Å². The number of nitrogen functional groups attached to an aromatic ring is 1. The first-order valence-electron chi connectivity index (χ1n) is 6.67. The zero-order valence-corrected chi connectivity index (χ0v) is 11.3. The molecule has 1 amide bonds. The number of rotatable bonds is 4. The Hall–Kier alpha value is -2.57. The third kappa shape index (κ3) is 2.81. The number of nitrogens with zero attached hydrogens (tertiary/aromatic N) is 2. The number of imidazole rings is 1. The van der Waals surface area contributed by atoms with Gasteiger partial charge < -0.3 is 11.1 Å². The standard InChI is InChI=1S/C14H15FN4O2/c15-11-4-1-9(7-12(11)16)17-13(20)8-18-5-6-19(14(18)21)10-2-3-10/h1,4-7,10H,2-3,8,16H2,(H,17,20). The number of halogens is 1. The fourth-order valence-electron chi connectivity index (χ4n) is 2.16. The van der Waals surface area contributed by atoms with Crippen LogP contribution in [-0.2, 0) is 11.3 Å². The lowest BCUT2D eigenvalue weighted by molar-refractivity contribution is -0.116. The number of anilines is 2. The molecule has 0 radical (unpaired) electrons. The van der Waals surface area contributed by atoms with Crippen LogP contribution in [0, 0.1) is 5.82 Å². The highest BCUT2D eigenvalue weighted by Crippen LogP contribution is 2.33. The van der Waals surface area contributed by atoms with Gasteiger partial charge in [0.25, 0.3) is 0 Å². The largest absolute Gasteiger partial charge is 0.396 e. The van der Waals surface area contributed by atoms with E-state index >= 15 is 0 Å². The lowest BCUT2D eigenvalue weighted by Crippen LogP contribution is -2.28. The van der Waals surface area contributed by atoms with E-state index in [1.54, 1.807) is 17.0 Å². The average Bonchev–Trinajstić information content (AvgIpc) is 3.21. The predicted molar refractivity (Wildman–Crippen MR) is 76.4 cm³/mol. The van der Waals surface area contributed by atoms with Gasteiger partial charge in [0.05, 0.1) is 5.69 Å². The Labute approximate surface area is 120 Å². The maximum Gasteiger partial charge on any atom is 0.328 e. The maximum absolute atomic E-state index is 13.0. The van der Waals surface area contributed by atoms with Gasteiger partial charge in [-0.05, 0) is 31.0 Å². The highest BCUT2D eigenvalue weighted by atomic mass is 19.1. The summed E-state index contributed by atoms with van der Waals surface area (Å²) in [7, 11) is 0. The normalized spacial score (nSPS) is 14.1. The molecule has 1 saturated carbocycles. The molecule has 3 rings (SSSR count). The lowest BCUT2D eigenvalue weighted by Gasteiger charge is -2.06. The molecule has 21 heavy (non-hydrogen) atoms. The van der Waals surface area contributed by atoms with E-state index in [0.29, 0.717) is 5.69 Å². The van der Waals surface area contributed by atoms with Gasteiger partial charge in [-0.15, -0.1) is 0 Å². The van der Waals surface area contributed by atoms with Crippen molar-refractivity contribution < 1.29 is 9.18 Å². The monoisotopic (exact) mass is 290 g/mol. The molecule has 110 valence electrons. The number of carbonyl (C=O) groups is 1. The molecule has 1 aliphatic carbocycles. The Balaban J connectivity index is 1.68.